The molecule has 0 aliphatic carbocycles. The lowest BCUT2D eigenvalue weighted by atomic mass is 9.83. The molecule has 0 radical (unpaired) electrons. The summed E-state index contributed by atoms with van der Waals surface area (Å²) in [6, 6.07) is 12.9. The Labute approximate surface area is 155 Å². The summed E-state index contributed by atoms with van der Waals surface area (Å²) < 4.78 is 0. The van der Waals surface area contributed by atoms with E-state index < -0.39 is 0 Å². The molecule has 0 unspecified atom stereocenters. The van der Waals surface area contributed by atoms with Gasteiger partial charge in [-0.2, -0.15) is 0 Å². The lowest BCUT2D eigenvalue weighted by Gasteiger charge is -2.29. The standard InChI is InChI=1S/C23H27N3/c1-22(2,3)18-12-11-15-19-16(13-14-9-7-8-10-17(14)24-19)20(23(4,5)6)26-21(15)25-18/h7-12,24H,13H2,1-6H3. The summed E-state index contributed by atoms with van der Waals surface area (Å²) in [5.74, 6) is 0. The third-order valence-corrected chi connectivity index (χ3v) is 5.07. The number of para-hydroxylation sites is 1. The molecule has 134 valence electrons. The minimum absolute atomic E-state index is 0.00764. The maximum Gasteiger partial charge on any atom is 0.161 e. The molecule has 3 heterocycles. The van der Waals surface area contributed by atoms with E-state index in [1.165, 1.54) is 22.5 Å². The van der Waals surface area contributed by atoms with Crippen LogP contribution in [-0.4, -0.2) is 9.97 Å². The molecule has 3 aromatic rings. The van der Waals surface area contributed by atoms with E-state index in [1.807, 2.05) is 0 Å². The molecule has 2 aromatic heterocycles. The zero-order chi connectivity index (χ0) is 18.7. The molecule has 1 aliphatic rings. The first-order chi connectivity index (χ1) is 12.1. The van der Waals surface area contributed by atoms with Crippen LogP contribution in [0.5, 0.6) is 0 Å². The van der Waals surface area contributed by atoms with E-state index in [4.69, 9.17) is 9.97 Å². The van der Waals surface area contributed by atoms with Crippen LogP contribution in [0, 0.1) is 0 Å². The molecule has 0 bridgehead atoms. The van der Waals surface area contributed by atoms with Crippen molar-refractivity contribution in [2.24, 2.45) is 0 Å². The van der Waals surface area contributed by atoms with Gasteiger partial charge in [0.2, 0.25) is 0 Å². The molecule has 26 heavy (non-hydrogen) atoms. The Kier molecular flexibility index (Phi) is 3.62. The molecule has 0 saturated heterocycles. The maximum absolute atomic E-state index is 5.06. The van der Waals surface area contributed by atoms with Crippen LogP contribution in [-0.2, 0) is 17.3 Å². The summed E-state index contributed by atoms with van der Waals surface area (Å²) in [6.45, 7) is 13.3. The number of aromatic nitrogens is 2. The smallest absolute Gasteiger partial charge is 0.161 e. The molecule has 0 saturated carbocycles. The van der Waals surface area contributed by atoms with Gasteiger partial charge in [0, 0.05) is 39.6 Å². The van der Waals surface area contributed by atoms with E-state index in [2.05, 4.69) is 83.3 Å². The molecule has 0 atom stereocenters. The molecule has 1 N–H and O–H groups in total. The highest BCUT2D eigenvalue weighted by molar-refractivity contribution is 5.95. The largest absolute Gasteiger partial charge is 0.354 e. The van der Waals surface area contributed by atoms with Gasteiger partial charge in [-0.1, -0.05) is 59.7 Å². The highest BCUT2D eigenvalue weighted by Crippen LogP contribution is 2.41. The van der Waals surface area contributed by atoms with Gasteiger partial charge in [0.1, 0.15) is 0 Å². The van der Waals surface area contributed by atoms with Gasteiger partial charge in [-0.3, -0.25) is 0 Å². The monoisotopic (exact) mass is 345 g/mol. The van der Waals surface area contributed by atoms with Gasteiger partial charge in [-0.05, 0) is 23.8 Å². The van der Waals surface area contributed by atoms with Crippen molar-refractivity contribution in [3.8, 4) is 0 Å². The number of benzene rings is 1. The summed E-state index contributed by atoms with van der Waals surface area (Å²) in [5.41, 5.74) is 8.01. The van der Waals surface area contributed by atoms with Crippen LogP contribution in [0.1, 0.15) is 64.1 Å². The van der Waals surface area contributed by atoms with Crippen LogP contribution in [0.15, 0.2) is 36.4 Å². The normalized spacial score (nSPS) is 13.9. The van der Waals surface area contributed by atoms with Gasteiger partial charge in [0.15, 0.2) is 5.65 Å². The number of anilines is 2. The number of rotatable bonds is 0. The summed E-state index contributed by atoms with van der Waals surface area (Å²) in [4.78, 5) is 9.99. The number of hydrogen-bond acceptors (Lipinski definition) is 3. The van der Waals surface area contributed by atoms with Crippen molar-refractivity contribution >= 4 is 22.4 Å². The number of nitrogens with one attached hydrogen (secondary N) is 1. The quantitative estimate of drug-likeness (QED) is 0.433. The molecule has 3 nitrogen and oxygen atoms in total. The second-order valence-corrected chi connectivity index (χ2v) is 9.34. The fourth-order valence-corrected chi connectivity index (χ4v) is 3.66. The van der Waals surface area contributed by atoms with E-state index >= 15 is 0 Å². The summed E-state index contributed by atoms with van der Waals surface area (Å²) >= 11 is 0. The minimum atomic E-state index is -0.0361. The van der Waals surface area contributed by atoms with E-state index in [-0.39, 0.29) is 10.8 Å². The topological polar surface area (TPSA) is 37.8 Å². The highest BCUT2D eigenvalue weighted by atomic mass is 14.9. The zero-order valence-electron chi connectivity index (χ0n) is 16.6. The number of pyridine rings is 2. The SMILES string of the molecule is CC(C)(C)c1ccc2c3c(c(C(C)(C)C)nc2n1)Cc1ccccc1N3. The second-order valence-electron chi connectivity index (χ2n) is 9.34. The second kappa shape index (κ2) is 5.54. The number of nitrogens with zero attached hydrogens (tertiary/aromatic N) is 2. The fourth-order valence-electron chi connectivity index (χ4n) is 3.66. The molecule has 4 rings (SSSR count). The zero-order valence-corrected chi connectivity index (χ0v) is 16.6. The van der Waals surface area contributed by atoms with Gasteiger partial charge in [-0.15, -0.1) is 0 Å². The Bertz CT molecular complexity index is 1000. The summed E-state index contributed by atoms with van der Waals surface area (Å²) in [5, 5.41) is 4.78. The maximum atomic E-state index is 5.06. The van der Waals surface area contributed by atoms with Crippen molar-refractivity contribution in [1.29, 1.82) is 0 Å². The predicted octanol–water partition coefficient (Wildman–Crippen LogP) is 5.87. The minimum Gasteiger partial charge on any atom is -0.354 e. The average Bonchev–Trinajstić information content (AvgIpc) is 2.57. The van der Waals surface area contributed by atoms with Crippen LogP contribution in [0.3, 0.4) is 0 Å². The van der Waals surface area contributed by atoms with Crippen molar-refractivity contribution in [3.05, 3.63) is 58.9 Å². The Hall–Kier alpha value is -2.42. The van der Waals surface area contributed by atoms with Gasteiger partial charge >= 0.3 is 0 Å². The van der Waals surface area contributed by atoms with E-state index in [9.17, 15) is 0 Å². The van der Waals surface area contributed by atoms with Gasteiger partial charge < -0.3 is 5.32 Å². The Morgan fingerprint density at radius 1 is 0.846 bits per heavy atom. The first-order valence-electron chi connectivity index (χ1n) is 9.34. The van der Waals surface area contributed by atoms with Gasteiger partial charge in [-0.25, -0.2) is 9.97 Å². The predicted molar refractivity (Wildman–Crippen MR) is 109 cm³/mol. The average molecular weight is 345 g/mol. The van der Waals surface area contributed by atoms with Crippen LogP contribution < -0.4 is 5.32 Å². The molecule has 1 aliphatic heterocycles. The third-order valence-electron chi connectivity index (χ3n) is 5.07. The molecule has 0 amide bonds. The fraction of sp³-hybridized carbons (Fsp3) is 0.391. The highest BCUT2D eigenvalue weighted by Gasteiger charge is 2.28. The molecule has 0 spiro atoms. The first-order valence-corrected chi connectivity index (χ1v) is 9.34. The summed E-state index contributed by atoms with van der Waals surface area (Å²) in [7, 11) is 0. The first kappa shape index (κ1) is 17.0. The lowest BCUT2D eigenvalue weighted by molar-refractivity contribution is 0.560. The third kappa shape index (κ3) is 2.76. The molecular weight excluding hydrogens is 318 g/mol. The van der Waals surface area contributed by atoms with Gasteiger partial charge in [0.25, 0.3) is 0 Å². The van der Waals surface area contributed by atoms with Crippen LogP contribution in [0.2, 0.25) is 0 Å². The number of hydrogen-bond donors (Lipinski definition) is 1. The lowest BCUT2D eigenvalue weighted by Crippen LogP contribution is -2.21. The van der Waals surface area contributed by atoms with Crippen molar-refractivity contribution in [3.63, 3.8) is 0 Å². The van der Waals surface area contributed by atoms with Crippen molar-refractivity contribution < 1.29 is 0 Å². The van der Waals surface area contributed by atoms with Crippen LogP contribution in [0.25, 0.3) is 11.0 Å². The Morgan fingerprint density at radius 2 is 1.58 bits per heavy atom. The molecule has 3 heteroatoms. The van der Waals surface area contributed by atoms with Crippen molar-refractivity contribution in [2.45, 2.75) is 58.8 Å². The number of fused-ring (bicyclic) bond motifs is 4. The Morgan fingerprint density at radius 3 is 2.27 bits per heavy atom. The Balaban J connectivity index is 2.01. The van der Waals surface area contributed by atoms with Crippen molar-refractivity contribution in [1.82, 2.24) is 9.97 Å². The molecule has 1 aromatic carbocycles. The van der Waals surface area contributed by atoms with Crippen LogP contribution >= 0.6 is 0 Å². The molecule has 0 fully saturated rings. The summed E-state index contributed by atoms with van der Waals surface area (Å²) in [6.07, 6.45) is 0.912. The van der Waals surface area contributed by atoms with E-state index in [0.717, 1.165) is 28.8 Å². The van der Waals surface area contributed by atoms with Gasteiger partial charge in [0.05, 0.1) is 11.4 Å². The van der Waals surface area contributed by atoms with Crippen molar-refractivity contribution in [2.75, 3.05) is 5.32 Å². The molecular formula is C23H27N3. The van der Waals surface area contributed by atoms with E-state index in [0.29, 0.717) is 0 Å². The van der Waals surface area contributed by atoms with E-state index in [1.54, 1.807) is 0 Å². The van der Waals surface area contributed by atoms with Crippen LogP contribution in [0.4, 0.5) is 11.4 Å².